The number of hydrogen-bond acceptors (Lipinski definition) is 5. The van der Waals surface area contributed by atoms with Gasteiger partial charge in [0.2, 0.25) is 0 Å². The zero-order valence-electron chi connectivity index (χ0n) is 19.1. The lowest BCUT2D eigenvalue weighted by Gasteiger charge is -2.39. The van der Waals surface area contributed by atoms with Crippen molar-refractivity contribution in [3.05, 3.63) is 53.6 Å². The first-order valence-electron chi connectivity index (χ1n) is 11.6. The summed E-state index contributed by atoms with van der Waals surface area (Å²) in [6.07, 6.45) is 3.60. The minimum atomic E-state index is 0.364. The minimum absolute atomic E-state index is 0.364. The number of aromatic nitrogens is 1. The molecule has 0 bridgehead atoms. The number of rotatable bonds is 5. The molecule has 0 aliphatic carbocycles. The van der Waals surface area contributed by atoms with Gasteiger partial charge in [0.05, 0.1) is 4.70 Å². The highest BCUT2D eigenvalue weighted by molar-refractivity contribution is 7.13. The number of aryl methyl sites for hydroxylation is 1. The molecule has 2 aromatic carbocycles. The van der Waals surface area contributed by atoms with Crippen LogP contribution in [0.2, 0.25) is 0 Å². The average Bonchev–Trinajstić information content (AvgIpc) is 3.17. The van der Waals surface area contributed by atoms with E-state index >= 15 is 0 Å². The van der Waals surface area contributed by atoms with Crippen molar-refractivity contribution in [2.45, 2.75) is 33.1 Å². The summed E-state index contributed by atoms with van der Waals surface area (Å²) in [6.45, 7) is 11.5. The highest BCUT2D eigenvalue weighted by atomic mass is 32.1. The van der Waals surface area contributed by atoms with E-state index in [2.05, 4.69) is 78.1 Å². The lowest BCUT2D eigenvalue weighted by atomic mass is 9.81. The van der Waals surface area contributed by atoms with Crippen molar-refractivity contribution < 1.29 is 0 Å². The third kappa shape index (κ3) is 4.44. The first kappa shape index (κ1) is 20.8. The van der Waals surface area contributed by atoms with Gasteiger partial charge in [0.25, 0.3) is 0 Å². The van der Waals surface area contributed by atoms with Gasteiger partial charge in [-0.1, -0.05) is 38.1 Å². The zero-order chi connectivity index (χ0) is 21.4. The van der Waals surface area contributed by atoms with Crippen molar-refractivity contribution in [3.63, 3.8) is 0 Å². The van der Waals surface area contributed by atoms with E-state index in [0.29, 0.717) is 5.41 Å². The number of fused-ring (bicyclic) bond motifs is 2. The summed E-state index contributed by atoms with van der Waals surface area (Å²) >= 11 is 1.62. The Morgan fingerprint density at radius 1 is 1.03 bits per heavy atom. The van der Waals surface area contributed by atoms with Crippen molar-refractivity contribution in [3.8, 4) is 0 Å². The molecule has 2 aliphatic rings. The molecule has 0 saturated carbocycles. The van der Waals surface area contributed by atoms with Crippen LogP contribution in [0.5, 0.6) is 0 Å². The molecule has 3 heterocycles. The number of piperazine rings is 1. The summed E-state index contributed by atoms with van der Waals surface area (Å²) in [6, 6.07) is 15.8. The van der Waals surface area contributed by atoms with Gasteiger partial charge in [-0.15, -0.1) is 0 Å². The summed E-state index contributed by atoms with van der Waals surface area (Å²) in [4.78, 5) is 7.52. The fraction of sp³-hybridized carbons (Fsp3) is 0.500. The molecule has 1 saturated heterocycles. The first-order chi connectivity index (χ1) is 15.0. The predicted molar refractivity (Wildman–Crippen MR) is 134 cm³/mol. The Labute approximate surface area is 190 Å². The van der Waals surface area contributed by atoms with Gasteiger partial charge in [-0.3, -0.25) is 4.90 Å². The molecule has 1 fully saturated rings. The molecule has 0 spiro atoms. The standard InChI is InChI=1S/C26H34N4S/c1-26(2)18-21-17-20(10-11-23(21)28(3)19-26)7-6-12-29-13-15-30(16-14-29)25-22-8-4-5-9-24(22)31-27-25/h4-5,8-11,17H,6-7,12-16,18-19H2,1-3H3. The molecule has 5 rings (SSSR count). The zero-order valence-corrected chi connectivity index (χ0v) is 19.9. The van der Waals surface area contributed by atoms with Gasteiger partial charge >= 0.3 is 0 Å². The third-order valence-electron chi connectivity index (χ3n) is 6.86. The van der Waals surface area contributed by atoms with Crippen molar-refractivity contribution in [2.24, 2.45) is 5.41 Å². The van der Waals surface area contributed by atoms with Crippen LogP contribution in [0.1, 0.15) is 31.4 Å². The third-order valence-corrected chi connectivity index (χ3v) is 7.68. The molecule has 0 unspecified atom stereocenters. The largest absolute Gasteiger partial charge is 0.374 e. The maximum atomic E-state index is 4.74. The second-order valence-electron chi connectivity index (χ2n) is 10.1. The van der Waals surface area contributed by atoms with Crippen LogP contribution in [0.4, 0.5) is 11.5 Å². The molecule has 4 nitrogen and oxygen atoms in total. The number of nitrogens with zero attached hydrogens (tertiary/aromatic N) is 4. The van der Waals surface area contributed by atoms with E-state index in [9.17, 15) is 0 Å². The van der Waals surface area contributed by atoms with Crippen molar-refractivity contribution in [1.82, 2.24) is 9.27 Å². The van der Waals surface area contributed by atoms with Gasteiger partial charge in [0, 0.05) is 50.8 Å². The van der Waals surface area contributed by atoms with Crippen LogP contribution < -0.4 is 9.80 Å². The molecule has 0 radical (unpaired) electrons. The smallest absolute Gasteiger partial charge is 0.150 e. The quantitative estimate of drug-likeness (QED) is 0.559. The Morgan fingerprint density at radius 3 is 2.68 bits per heavy atom. The SMILES string of the molecule is CN1CC(C)(C)Cc2cc(CCCN3CCN(c4nsc5ccccc45)CC3)ccc21. The number of anilines is 2. The van der Waals surface area contributed by atoms with E-state index in [4.69, 9.17) is 4.37 Å². The molecule has 3 aromatic rings. The lowest BCUT2D eigenvalue weighted by molar-refractivity contribution is 0.255. The molecule has 0 amide bonds. The van der Waals surface area contributed by atoms with E-state index in [0.717, 1.165) is 32.7 Å². The van der Waals surface area contributed by atoms with E-state index in [1.54, 1.807) is 11.5 Å². The van der Waals surface area contributed by atoms with Crippen molar-refractivity contribution >= 4 is 33.1 Å². The van der Waals surface area contributed by atoms with Gasteiger partial charge in [-0.2, -0.15) is 4.37 Å². The molecule has 0 N–H and O–H groups in total. The van der Waals surface area contributed by atoms with E-state index in [1.165, 1.54) is 58.5 Å². The van der Waals surface area contributed by atoms with Crippen LogP contribution >= 0.6 is 11.5 Å². The lowest BCUT2D eigenvalue weighted by Crippen LogP contribution is -2.46. The predicted octanol–water partition coefficient (Wildman–Crippen LogP) is 5.07. The molecular formula is C26H34N4S. The summed E-state index contributed by atoms with van der Waals surface area (Å²) in [5.41, 5.74) is 4.81. The average molecular weight is 435 g/mol. The Hall–Kier alpha value is -2.11. The van der Waals surface area contributed by atoms with Gasteiger partial charge in [-0.25, -0.2) is 0 Å². The summed E-state index contributed by atoms with van der Waals surface area (Å²) < 4.78 is 6.03. The topological polar surface area (TPSA) is 22.6 Å². The monoisotopic (exact) mass is 434 g/mol. The van der Waals surface area contributed by atoms with Crippen molar-refractivity contribution in [1.29, 1.82) is 0 Å². The van der Waals surface area contributed by atoms with Gasteiger partial charge in [0.1, 0.15) is 5.82 Å². The van der Waals surface area contributed by atoms with E-state index in [-0.39, 0.29) is 0 Å². The summed E-state index contributed by atoms with van der Waals surface area (Å²) in [7, 11) is 2.23. The Kier molecular flexibility index (Phi) is 5.65. The normalized spacial score (nSPS) is 19.1. The van der Waals surface area contributed by atoms with Crippen LogP contribution in [-0.2, 0) is 12.8 Å². The van der Waals surface area contributed by atoms with Crippen molar-refractivity contribution in [2.75, 3.05) is 56.1 Å². The van der Waals surface area contributed by atoms with Crippen LogP contribution in [0.3, 0.4) is 0 Å². The second-order valence-corrected chi connectivity index (χ2v) is 10.9. The van der Waals surface area contributed by atoms with E-state index in [1.807, 2.05) is 0 Å². The van der Waals surface area contributed by atoms with Crippen LogP contribution in [0, 0.1) is 5.41 Å². The minimum Gasteiger partial charge on any atom is -0.374 e. The molecule has 164 valence electrons. The number of hydrogen-bond donors (Lipinski definition) is 0. The maximum Gasteiger partial charge on any atom is 0.150 e. The number of benzene rings is 2. The van der Waals surface area contributed by atoms with Crippen LogP contribution in [0.15, 0.2) is 42.5 Å². The molecular weight excluding hydrogens is 400 g/mol. The Balaban J connectivity index is 1.13. The van der Waals surface area contributed by atoms with Crippen LogP contribution in [0.25, 0.3) is 10.1 Å². The summed E-state index contributed by atoms with van der Waals surface area (Å²) in [5, 5.41) is 1.31. The van der Waals surface area contributed by atoms with Gasteiger partial charge < -0.3 is 9.80 Å². The van der Waals surface area contributed by atoms with Gasteiger partial charge in [-0.05, 0) is 72.1 Å². The molecule has 0 atom stereocenters. The van der Waals surface area contributed by atoms with Gasteiger partial charge in [0.15, 0.2) is 0 Å². The molecule has 31 heavy (non-hydrogen) atoms. The molecule has 1 aromatic heterocycles. The highest BCUT2D eigenvalue weighted by Gasteiger charge is 2.28. The Bertz CT molecular complexity index is 1050. The maximum absolute atomic E-state index is 4.74. The highest BCUT2D eigenvalue weighted by Crippen LogP contribution is 2.36. The first-order valence-corrected chi connectivity index (χ1v) is 12.4. The molecule has 2 aliphatic heterocycles. The summed E-state index contributed by atoms with van der Waals surface area (Å²) in [5.74, 6) is 1.18. The van der Waals surface area contributed by atoms with E-state index < -0.39 is 0 Å². The fourth-order valence-electron chi connectivity index (χ4n) is 5.40. The fourth-order valence-corrected chi connectivity index (χ4v) is 6.19. The molecule has 5 heteroatoms. The second kappa shape index (κ2) is 8.44. The Morgan fingerprint density at radius 2 is 1.84 bits per heavy atom. The van der Waals surface area contributed by atoms with Crippen LogP contribution in [-0.4, -0.2) is 55.6 Å².